The largest absolute Gasteiger partial charge is 0.389 e. The van der Waals surface area contributed by atoms with Crippen LogP contribution in [-0.4, -0.2) is 14.8 Å². The lowest BCUT2D eigenvalue weighted by molar-refractivity contribution is 0.578. The maximum Gasteiger partial charge on any atom is 0.138 e. The molecule has 17 heavy (non-hydrogen) atoms. The van der Waals surface area contributed by atoms with Crippen LogP contribution in [0.2, 0.25) is 0 Å². The number of nitrogens with two attached hydrogens (primary N) is 1. The van der Waals surface area contributed by atoms with Gasteiger partial charge in [-0.05, 0) is 19.1 Å². The lowest BCUT2D eigenvalue weighted by atomic mass is 10.1. The van der Waals surface area contributed by atoms with Gasteiger partial charge in [-0.3, -0.25) is 4.68 Å². The van der Waals surface area contributed by atoms with E-state index in [9.17, 15) is 4.39 Å². The van der Waals surface area contributed by atoms with Crippen molar-refractivity contribution in [3.63, 3.8) is 0 Å². The van der Waals surface area contributed by atoms with Crippen molar-refractivity contribution in [2.24, 2.45) is 5.73 Å². The summed E-state index contributed by atoms with van der Waals surface area (Å²) in [4.78, 5) is 0.0709. The van der Waals surface area contributed by atoms with Crippen LogP contribution in [0, 0.1) is 12.7 Å². The molecule has 2 rings (SSSR count). The minimum Gasteiger partial charge on any atom is -0.389 e. The number of nitrogens with zero attached hydrogens (tertiary/aromatic N) is 2. The van der Waals surface area contributed by atoms with E-state index < -0.39 is 0 Å². The van der Waals surface area contributed by atoms with Crippen LogP contribution in [-0.2, 0) is 6.54 Å². The average Bonchev–Trinajstić information content (AvgIpc) is 2.67. The summed E-state index contributed by atoms with van der Waals surface area (Å²) in [6.07, 6.45) is 1.69. The summed E-state index contributed by atoms with van der Waals surface area (Å²) in [7, 11) is 0. The molecule has 0 atom stereocenters. The molecule has 0 aliphatic rings. The predicted octanol–water partition coefficient (Wildman–Crippen LogP) is 2.01. The fraction of sp³-hybridized carbons (Fsp3) is 0.167. The molecule has 1 heterocycles. The SMILES string of the molecule is Cc1ccnn1Cc1cccc(C(N)=S)c1F. The van der Waals surface area contributed by atoms with Crippen molar-refractivity contribution < 1.29 is 4.39 Å². The van der Waals surface area contributed by atoms with E-state index in [1.165, 1.54) is 0 Å². The van der Waals surface area contributed by atoms with Crippen LogP contribution in [0.5, 0.6) is 0 Å². The monoisotopic (exact) mass is 249 g/mol. The van der Waals surface area contributed by atoms with Crippen LogP contribution < -0.4 is 5.73 Å². The molecule has 0 bridgehead atoms. The van der Waals surface area contributed by atoms with Gasteiger partial charge in [0.1, 0.15) is 10.8 Å². The van der Waals surface area contributed by atoms with Gasteiger partial charge in [-0.15, -0.1) is 0 Å². The molecule has 2 aromatic rings. The minimum atomic E-state index is -0.366. The second-order valence-corrected chi connectivity index (χ2v) is 4.21. The van der Waals surface area contributed by atoms with Gasteiger partial charge in [-0.25, -0.2) is 4.39 Å². The van der Waals surface area contributed by atoms with Crippen LogP contribution in [0.3, 0.4) is 0 Å². The molecule has 0 aliphatic carbocycles. The molecule has 88 valence electrons. The van der Waals surface area contributed by atoms with Crippen molar-refractivity contribution in [2.75, 3.05) is 0 Å². The van der Waals surface area contributed by atoms with E-state index in [1.807, 2.05) is 13.0 Å². The van der Waals surface area contributed by atoms with E-state index >= 15 is 0 Å². The maximum atomic E-state index is 14.0. The van der Waals surface area contributed by atoms with E-state index in [-0.39, 0.29) is 16.4 Å². The first kappa shape index (κ1) is 11.7. The molecule has 0 fully saturated rings. The summed E-state index contributed by atoms with van der Waals surface area (Å²) in [5, 5.41) is 4.11. The van der Waals surface area contributed by atoms with Crippen LogP contribution in [0.25, 0.3) is 0 Å². The van der Waals surface area contributed by atoms with E-state index in [4.69, 9.17) is 18.0 Å². The number of aromatic nitrogens is 2. The highest BCUT2D eigenvalue weighted by molar-refractivity contribution is 7.80. The Balaban J connectivity index is 2.37. The van der Waals surface area contributed by atoms with Crippen LogP contribution >= 0.6 is 12.2 Å². The number of aryl methyl sites for hydroxylation is 1. The summed E-state index contributed by atoms with van der Waals surface area (Å²) in [5.41, 5.74) is 7.24. The maximum absolute atomic E-state index is 14.0. The standard InChI is InChI=1S/C12H12FN3S/c1-8-5-6-15-16(8)7-9-3-2-4-10(11(9)13)12(14)17/h2-6H,7H2,1H3,(H2,14,17). The van der Waals surface area contributed by atoms with E-state index in [1.54, 1.807) is 29.1 Å². The second kappa shape index (κ2) is 4.63. The first-order valence-corrected chi connectivity index (χ1v) is 5.56. The van der Waals surface area contributed by atoms with Crippen molar-refractivity contribution >= 4 is 17.2 Å². The Hall–Kier alpha value is -1.75. The molecule has 0 saturated carbocycles. The number of rotatable bonds is 3. The molecule has 0 radical (unpaired) electrons. The van der Waals surface area contributed by atoms with Gasteiger partial charge in [0.05, 0.1) is 6.54 Å². The zero-order valence-electron chi connectivity index (χ0n) is 9.35. The Morgan fingerprint density at radius 2 is 2.24 bits per heavy atom. The Morgan fingerprint density at radius 3 is 2.82 bits per heavy atom. The summed E-state index contributed by atoms with van der Waals surface area (Å²) in [6.45, 7) is 2.30. The summed E-state index contributed by atoms with van der Waals surface area (Å²) < 4.78 is 15.8. The lowest BCUT2D eigenvalue weighted by Gasteiger charge is -2.08. The molecule has 0 spiro atoms. The van der Waals surface area contributed by atoms with E-state index in [0.29, 0.717) is 12.1 Å². The molecule has 0 unspecified atom stereocenters. The Bertz CT molecular complexity index is 563. The number of hydrogen-bond donors (Lipinski definition) is 1. The molecule has 1 aromatic carbocycles. The van der Waals surface area contributed by atoms with Crippen molar-refractivity contribution in [1.82, 2.24) is 9.78 Å². The zero-order valence-corrected chi connectivity index (χ0v) is 10.2. The molecular formula is C12H12FN3S. The topological polar surface area (TPSA) is 43.8 Å². The van der Waals surface area contributed by atoms with Gasteiger partial charge in [0.25, 0.3) is 0 Å². The summed E-state index contributed by atoms with van der Waals surface area (Å²) in [6, 6.07) is 6.90. The Morgan fingerprint density at radius 1 is 1.47 bits per heavy atom. The highest BCUT2D eigenvalue weighted by Crippen LogP contribution is 2.14. The third kappa shape index (κ3) is 2.34. The molecule has 0 aliphatic heterocycles. The van der Waals surface area contributed by atoms with Crippen LogP contribution in [0.15, 0.2) is 30.5 Å². The molecule has 0 amide bonds. The number of halogens is 1. The Kier molecular flexibility index (Phi) is 3.19. The van der Waals surface area contributed by atoms with Gasteiger partial charge in [0, 0.05) is 23.0 Å². The fourth-order valence-electron chi connectivity index (χ4n) is 1.62. The Labute approximate surface area is 104 Å². The van der Waals surface area contributed by atoms with E-state index in [0.717, 1.165) is 5.69 Å². The van der Waals surface area contributed by atoms with Crippen molar-refractivity contribution in [3.8, 4) is 0 Å². The predicted molar refractivity (Wildman–Crippen MR) is 68.4 cm³/mol. The van der Waals surface area contributed by atoms with Gasteiger partial charge >= 0.3 is 0 Å². The quantitative estimate of drug-likeness (QED) is 0.846. The first-order valence-electron chi connectivity index (χ1n) is 5.15. The highest BCUT2D eigenvalue weighted by atomic mass is 32.1. The second-order valence-electron chi connectivity index (χ2n) is 3.77. The lowest BCUT2D eigenvalue weighted by Crippen LogP contribution is -2.14. The summed E-state index contributed by atoms with van der Waals surface area (Å²) >= 11 is 4.80. The molecule has 5 heteroatoms. The molecule has 0 saturated heterocycles. The van der Waals surface area contributed by atoms with E-state index in [2.05, 4.69) is 5.10 Å². The zero-order chi connectivity index (χ0) is 12.4. The van der Waals surface area contributed by atoms with Gasteiger partial charge in [0.2, 0.25) is 0 Å². The van der Waals surface area contributed by atoms with Crippen molar-refractivity contribution in [1.29, 1.82) is 0 Å². The first-order chi connectivity index (χ1) is 8.09. The number of benzene rings is 1. The van der Waals surface area contributed by atoms with Crippen LogP contribution in [0.1, 0.15) is 16.8 Å². The third-order valence-electron chi connectivity index (χ3n) is 2.59. The molecule has 2 N–H and O–H groups in total. The van der Waals surface area contributed by atoms with Gasteiger partial charge in [-0.1, -0.05) is 24.4 Å². The van der Waals surface area contributed by atoms with Gasteiger partial charge in [-0.2, -0.15) is 5.10 Å². The molecular weight excluding hydrogens is 237 g/mol. The fourth-order valence-corrected chi connectivity index (χ4v) is 1.78. The number of thiocarbonyl (C=S) groups is 1. The normalized spacial score (nSPS) is 10.5. The third-order valence-corrected chi connectivity index (χ3v) is 2.81. The highest BCUT2D eigenvalue weighted by Gasteiger charge is 2.11. The average molecular weight is 249 g/mol. The van der Waals surface area contributed by atoms with Gasteiger partial charge < -0.3 is 5.73 Å². The minimum absolute atomic E-state index is 0.0709. The van der Waals surface area contributed by atoms with Crippen LogP contribution in [0.4, 0.5) is 4.39 Å². The van der Waals surface area contributed by atoms with Crippen molar-refractivity contribution in [2.45, 2.75) is 13.5 Å². The molecule has 3 nitrogen and oxygen atoms in total. The molecule has 1 aromatic heterocycles. The summed E-state index contributed by atoms with van der Waals surface area (Å²) in [5.74, 6) is -0.366. The van der Waals surface area contributed by atoms with Gasteiger partial charge in [0.15, 0.2) is 0 Å². The van der Waals surface area contributed by atoms with Crippen molar-refractivity contribution in [3.05, 3.63) is 53.1 Å². The smallest absolute Gasteiger partial charge is 0.138 e. The number of hydrogen-bond acceptors (Lipinski definition) is 2.